The third kappa shape index (κ3) is 20.4. The normalized spacial score (nSPS) is 7.44. The number of hydrogen-bond acceptors (Lipinski definition) is 1. The van der Waals surface area contributed by atoms with E-state index in [0.717, 1.165) is 0 Å². The summed E-state index contributed by atoms with van der Waals surface area (Å²) >= 11 is 7.02. The first kappa shape index (κ1) is 22.4. The molecule has 0 amide bonds. The Morgan fingerprint density at radius 3 is 1.00 bits per heavy atom. The summed E-state index contributed by atoms with van der Waals surface area (Å²) in [4.78, 5) is 0. The minimum atomic E-state index is 1.37. The molecule has 0 aliphatic rings. The van der Waals surface area contributed by atoms with Crippen LogP contribution in [0.3, 0.4) is 0 Å². The van der Waals surface area contributed by atoms with Gasteiger partial charge in [0.15, 0.2) is 0 Å². The molecule has 0 N–H and O–H groups in total. The molecule has 0 radical (unpaired) electrons. The van der Waals surface area contributed by atoms with Crippen molar-refractivity contribution in [3.63, 3.8) is 0 Å². The van der Waals surface area contributed by atoms with E-state index in [9.17, 15) is 0 Å². The van der Waals surface area contributed by atoms with Crippen molar-refractivity contribution >= 4 is 152 Å². The fourth-order valence-corrected chi connectivity index (χ4v) is 41.6. The molecule has 0 nitrogen and oxygen atoms in total. The van der Waals surface area contributed by atoms with E-state index < -0.39 is 0 Å². The number of rotatable bonds is 0. The van der Waals surface area contributed by atoms with Gasteiger partial charge in [0.25, 0.3) is 0 Å². The molecule has 0 saturated carbocycles. The van der Waals surface area contributed by atoms with Crippen LogP contribution in [0.5, 0.6) is 0 Å². The van der Waals surface area contributed by atoms with Gasteiger partial charge in [0.1, 0.15) is 0 Å². The van der Waals surface area contributed by atoms with Gasteiger partial charge in [-0.1, -0.05) is 0 Å². The van der Waals surface area contributed by atoms with Crippen LogP contribution in [0.1, 0.15) is 0 Å². The van der Waals surface area contributed by atoms with Crippen molar-refractivity contribution in [3.8, 4) is 0 Å². The zero-order valence-corrected chi connectivity index (χ0v) is 23.4. The molecule has 18 heavy (non-hydrogen) atoms. The Labute approximate surface area is 165 Å². The summed E-state index contributed by atoms with van der Waals surface area (Å²) in [5.74, 6) is 0. The summed E-state index contributed by atoms with van der Waals surface area (Å²) in [5, 5.41) is 0. The summed E-state index contributed by atoms with van der Waals surface area (Å²) in [6.07, 6.45) is 0. The van der Waals surface area contributed by atoms with E-state index in [-0.39, 0.29) is 0 Å². The van der Waals surface area contributed by atoms with Gasteiger partial charge in [0, 0.05) is 46.7 Å². The Hall–Kier alpha value is 4.43. The summed E-state index contributed by atoms with van der Waals surface area (Å²) in [6, 6.07) is 0. The SMILES string of the molecule is S=S=S=S=S=S=S=S=S=S=S=S=S=S=S=S=[S]=[Pt]. The maximum absolute atomic E-state index is 4.75. The third-order valence-corrected chi connectivity index (χ3v) is 36.3. The van der Waals surface area contributed by atoms with Gasteiger partial charge in [-0.25, -0.2) is 0 Å². The van der Waals surface area contributed by atoms with Gasteiger partial charge in [0.05, 0.1) is 0 Å². The molecule has 0 aromatic rings. The average Bonchev–Trinajstić information content (AvgIpc) is 2.39. The Balaban J connectivity index is 5.72. The zero-order chi connectivity index (χ0) is 13.3. The van der Waals surface area contributed by atoms with Crippen molar-refractivity contribution < 1.29 is 18.0 Å². The van der Waals surface area contributed by atoms with Crippen LogP contribution in [0.25, 0.3) is 0 Å². The first-order valence-electron chi connectivity index (χ1n) is 2.80. The van der Waals surface area contributed by atoms with Gasteiger partial charge in [-0.15, -0.1) is 0 Å². The van der Waals surface area contributed by atoms with E-state index in [4.69, 9.17) is 11.2 Å². The van der Waals surface area contributed by atoms with E-state index in [0.29, 0.717) is 0 Å². The summed E-state index contributed by atoms with van der Waals surface area (Å²) < 4.78 is 0. The standard InChI is InChI=1S/Pt.S17/c;1-3-5-7-9-11-13-15-17-16-14-12-10-8-6-4-2. The molecule has 18 heteroatoms. The second kappa shape index (κ2) is 21.4. The first-order chi connectivity index (χ1) is 8.91. The van der Waals surface area contributed by atoms with Crippen LogP contribution in [0.4, 0.5) is 0 Å². The second-order valence-electron chi connectivity index (χ2n) is 1.07. The van der Waals surface area contributed by atoms with Crippen molar-refractivity contribution in [1.82, 2.24) is 0 Å². The molecule has 0 aliphatic heterocycles. The maximum atomic E-state index is 4.75. The quantitative estimate of drug-likeness (QED) is 0.337. The Morgan fingerprint density at radius 2 is 0.722 bits per heavy atom. The summed E-state index contributed by atoms with van der Waals surface area (Å²) in [6.45, 7) is 0. The molecule has 0 unspecified atom stereocenters. The van der Waals surface area contributed by atoms with E-state index >= 15 is 0 Å². The predicted octanol–water partition coefficient (Wildman–Crippen LogP) is -0.0433. The first-order valence-corrected chi connectivity index (χ1v) is 27.2. The van der Waals surface area contributed by atoms with Gasteiger partial charge in [-0.05, 0) is 0 Å². The van der Waals surface area contributed by atoms with Crippen LogP contribution >= 0.6 is 0 Å². The molecule has 0 saturated heterocycles. The van der Waals surface area contributed by atoms with Crippen molar-refractivity contribution in [3.05, 3.63) is 0 Å². The van der Waals surface area contributed by atoms with Crippen molar-refractivity contribution in [2.45, 2.75) is 0 Å². The van der Waals surface area contributed by atoms with Gasteiger partial charge >= 0.3 is 123 Å². The third-order valence-electron chi connectivity index (χ3n) is 0.410. The van der Waals surface area contributed by atoms with Crippen LogP contribution in [0.15, 0.2) is 0 Å². The average molecular weight is 740 g/mol. The van der Waals surface area contributed by atoms with Gasteiger partial charge in [-0.2, -0.15) is 0 Å². The molecule has 112 valence electrons. The molecule has 0 aromatic heterocycles. The molecule has 0 heterocycles. The minimum absolute atomic E-state index is 1.37. The van der Waals surface area contributed by atoms with Crippen LogP contribution in [-0.2, 0) is 170 Å². The topological polar surface area (TPSA) is 0 Å². The van der Waals surface area contributed by atoms with Crippen molar-refractivity contribution in [1.29, 1.82) is 0 Å². The molecular formula is PtS17. The molecule has 0 spiro atoms. The van der Waals surface area contributed by atoms with Gasteiger partial charge < -0.3 is 0 Å². The van der Waals surface area contributed by atoms with Crippen LogP contribution in [0, 0.1) is 0 Å². The predicted molar refractivity (Wildman–Crippen MR) is 125 cm³/mol. The molecule has 0 rings (SSSR count). The fraction of sp³-hybridized carbons (Fsp3) is 0. The van der Waals surface area contributed by atoms with Gasteiger partial charge in [-0.3, -0.25) is 0 Å². The summed E-state index contributed by atoms with van der Waals surface area (Å²) in [7, 11) is 28.1. The van der Waals surface area contributed by atoms with E-state index in [1.165, 1.54) is 8.88 Å². The van der Waals surface area contributed by atoms with E-state index in [1.807, 2.05) is 62.2 Å². The Morgan fingerprint density at radius 1 is 0.444 bits per heavy atom. The number of hydrogen-bond donors (Lipinski definition) is 0. The summed E-state index contributed by atoms with van der Waals surface area (Å²) in [5.41, 5.74) is 0. The van der Waals surface area contributed by atoms with Crippen LogP contribution in [-0.4, -0.2) is 0 Å². The van der Waals surface area contributed by atoms with E-state index in [2.05, 4.69) is 18.0 Å². The molecule has 0 aliphatic carbocycles. The molecule has 0 fully saturated rings. The second-order valence-corrected chi connectivity index (χ2v) is 31.4. The molecule has 0 atom stereocenters. The molecular weight excluding hydrogens is 740 g/mol. The van der Waals surface area contributed by atoms with Crippen LogP contribution in [0.2, 0.25) is 0 Å². The van der Waals surface area contributed by atoms with Gasteiger partial charge in [0.2, 0.25) is 0 Å². The molecule has 0 bridgehead atoms. The fourth-order valence-electron chi connectivity index (χ4n) is 0.156. The Bertz CT molecular complexity index is 825. The monoisotopic (exact) mass is 738 g/mol. The molecule has 0 aromatic carbocycles. The van der Waals surface area contributed by atoms with Crippen LogP contribution < -0.4 is 0 Å². The van der Waals surface area contributed by atoms with Crippen molar-refractivity contribution in [2.24, 2.45) is 0 Å². The Kier molecular flexibility index (Phi) is 26.7. The zero-order valence-electron chi connectivity index (χ0n) is 7.26. The van der Waals surface area contributed by atoms with Crippen molar-refractivity contribution in [2.75, 3.05) is 0 Å². The van der Waals surface area contributed by atoms with E-state index in [1.54, 1.807) is 69.7 Å².